The molecule has 0 radical (unpaired) electrons. The fraction of sp³-hybridized carbons (Fsp3) is 0.667. The fourth-order valence-electron chi connectivity index (χ4n) is 3.57. The Hall–Kier alpha value is -1.02. The van der Waals surface area contributed by atoms with Gasteiger partial charge in [-0.05, 0) is 62.4 Å². The molecule has 110 valence electrons. The van der Waals surface area contributed by atoms with Crippen molar-refractivity contribution < 1.29 is 0 Å². The molecule has 2 nitrogen and oxygen atoms in total. The summed E-state index contributed by atoms with van der Waals surface area (Å²) in [6.07, 6.45) is 4.09. The predicted octanol–water partition coefficient (Wildman–Crippen LogP) is 3.79. The minimum Gasteiger partial charge on any atom is -0.371 e. The SMILES string of the molecule is Cc1cc(C(C)C)ccc1N1CCC(N2CCC2)CC1. The van der Waals surface area contributed by atoms with E-state index in [-0.39, 0.29) is 0 Å². The van der Waals surface area contributed by atoms with Crippen LogP contribution in [0.3, 0.4) is 0 Å². The van der Waals surface area contributed by atoms with E-state index < -0.39 is 0 Å². The van der Waals surface area contributed by atoms with E-state index in [1.807, 2.05) is 0 Å². The third-order valence-corrected chi connectivity index (χ3v) is 5.10. The van der Waals surface area contributed by atoms with Crippen molar-refractivity contribution in [2.24, 2.45) is 0 Å². The Kier molecular flexibility index (Phi) is 4.02. The number of rotatable bonds is 3. The van der Waals surface area contributed by atoms with Gasteiger partial charge in [-0.3, -0.25) is 0 Å². The van der Waals surface area contributed by atoms with Crippen LogP contribution in [0.1, 0.15) is 50.2 Å². The summed E-state index contributed by atoms with van der Waals surface area (Å²) in [5.41, 5.74) is 4.36. The molecule has 0 spiro atoms. The van der Waals surface area contributed by atoms with Gasteiger partial charge >= 0.3 is 0 Å². The summed E-state index contributed by atoms with van der Waals surface area (Å²) in [7, 11) is 0. The van der Waals surface area contributed by atoms with E-state index >= 15 is 0 Å². The van der Waals surface area contributed by atoms with E-state index in [1.165, 1.54) is 62.3 Å². The quantitative estimate of drug-likeness (QED) is 0.826. The van der Waals surface area contributed by atoms with E-state index in [9.17, 15) is 0 Å². The molecule has 2 aliphatic rings. The first kappa shape index (κ1) is 13.9. The Morgan fingerprint density at radius 2 is 1.75 bits per heavy atom. The van der Waals surface area contributed by atoms with E-state index in [4.69, 9.17) is 0 Å². The zero-order valence-corrected chi connectivity index (χ0v) is 13.2. The summed E-state index contributed by atoms with van der Waals surface area (Å²) >= 11 is 0. The molecule has 3 rings (SSSR count). The zero-order chi connectivity index (χ0) is 14.1. The smallest absolute Gasteiger partial charge is 0.0396 e. The second kappa shape index (κ2) is 5.77. The molecule has 2 aliphatic heterocycles. The lowest BCUT2D eigenvalue weighted by atomic mass is 9.97. The van der Waals surface area contributed by atoms with Gasteiger partial charge in [-0.2, -0.15) is 0 Å². The molecular weight excluding hydrogens is 244 g/mol. The van der Waals surface area contributed by atoms with Crippen molar-refractivity contribution >= 4 is 5.69 Å². The fourth-order valence-corrected chi connectivity index (χ4v) is 3.57. The highest BCUT2D eigenvalue weighted by Gasteiger charge is 2.28. The molecule has 0 bridgehead atoms. The monoisotopic (exact) mass is 272 g/mol. The molecule has 0 aromatic heterocycles. The number of anilines is 1. The van der Waals surface area contributed by atoms with Crippen LogP contribution in [0.15, 0.2) is 18.2 Å². The third kappa shape index (κ3) is 2.71. The Morgan fingerprint density at radius 3 is 2.25 bits per heavy atom. The Morgan fingerprint density at radius 1 is 1.05 bits per heavy atom. The van der Waals surface area contributed by atoms with Crippen LogP contribution in [0.25, 0.3) is 0 Å². The van der Waals surface area contributed by atoms with Crippen molar-refractivity contribution in [1.29, 1.82) is 0 Å². The summed E-state index contributed by atoms with van der Waals surface area (Å²) in [6, 6.07) is 7.89. The van der Waals surface area contributed by atoms with Crippen LogP contribution in [0.2, 0.25) is 0 Å². The zero-order valence-electron chi connectivity index (χ0n) is 13.2. The molecule has 2 heteroatoms. The first-order chi connectivity index (χ1) is 9.65. The van der Waals surface area contributed by atoms with E-state index in [0.717, 1.165) is 6.04 Å². The summed E-state index contributed by atoms with van der Waals surface area (Å²) in [4.78, 5) is 5.27. The van der Waals surface area contributed by atoms with Gasteiger partial charge in [0.15, 0.2) is 0 Å². The molecule has 0 N–H and O–H groups in total. The highest BCUT2D eigenvalue weighted by Crippen LogP contribution is 2.29. The van der Waals surface area contributed by atoms with Crippen molar-refractivity contribution in [3.63, 3.8) is 0 Å². The minimum absolute atomic E-state index is 0.625. The number of benzene rings is 1. The van der Waals surface area contributed by atoms with Crippen molar-refractivity contribution in [2.75, 3.05) is 31.1 Å². The van der Waals surface area contributed by atoms with Crippen LogP contribution in [-0.2, 0) is 0 Å². The lowest BCUT2D eigenvalue weighted by Crippen LogP contribution is -2.50. The topological polar surface area (TPSA) is 6.48 Å². The maximum absolute atomic E-state index is 2.67. The summed E-state index contributed by atoms with van der Waals surface area (Å²) in [6.45, 7) is 11.9. The molecule has 1 aromatic rings. The lowest BCUT2D eigenvalue weighted by molar-refractivity contribution is 0.100. The highest BCUT2D eigenvalue weighted by atomic mass is 15.2. The Labute approximate surface area is 123 Å². The van der Waals surface area contributed by atoms with Crippen LogP contribution in [0, 0.1) is 6.92 Å². The number of piperidine rings is 1. The molecule has 20 heavy (non-hydrogen) atoms. The molecule has 0 saturated carbocycles. The van der Waals surface area contributed by atoms with Crippen LogP contribution >= 0.6 is 0 Å². The van der Waals surface area contributed by atoms with Crippen LogP contribution in [0.5, 0.6) is 0 Å². The van der Waals surface area contributed by atoms with Crippen LogP contribution in [0.4, 0.5) is 5.69 Å². The largest absolute Gasteiger partial charge is 0.371 e. The molecule has 0 atom stereocenters. The Bertz CT molecular complexity index is 454. The number of hydrogen-bond acceptors (Lipinski definition) is 2. The van der Waals surface area contributed by atoms with Gasteiger partial charge in [0.25, 0.3) is 0 Å². The van der Waals surface area contributed by atoms with Crippen molar-refractivity contribution in [3.8, 4) is 0 Å². The first-order valence-corrected chi connectivity index (χ1v) is 8.24. The average molecular weight is 272 g/mol. The number of likely N-dealkylation sites (tertiary alicyclic amines) is 1. The van der Waals surface area contributed by atoms with Gasteiger partial charge in [-0.15, -0.1) is 0 Å². The highest BCUT2D eigenvalue weighted by molar-refractivity contribution is 5.55. The summed E-state index contributed by atoms with van der Waals surface area (Å²) < 4.78 is 0. The number of hydrogen-bond donors (Lipinski definition) is 0. The van der Waals surface area contributed by atoms with Crippen molar-refractivity contribution in [1.82, 2.24) is 4.90 Å². The second-order valence-corrected chi connectivity index (χ2v) is 6.81. The van der Waals surface area contributed by atoms with Gasteiger partial charge < -0.3 is 9.80 Å². The molecule has 2 heterocycles. The molecule has 2 saturated heterocycles. The lowest BCUT2D eigenvalue weighted by Gasteiger charge is -2.43. The Balaban J connectivity index is 1.65. The number of aryl methyl sites for hydroxylation is 1. The maximum Gasteiger partial charge on any atom is 0.0396 e. The van der Waals surface area contributed by atoms with Crippen LogP contribution < -0.4 is 4.90 Å². The summed E-state index contributed by atoms with van der Waals surface area (Å²) in [5, 5.41) is 0. The first-order valence-electron chi connectivity index (χ1n) is 8.24. The minimum atomic E-state index is 0.625. The standard InChI is InChI=1S/C18H28N2/c1-14(2)16-5-6-18(15(3)13-16)20-11-7-17(8-12-20)19-9-4-10-19/h5-6,13-14,17H,4,7-12H2,1-3H3. The van der Waals surface area contributed by atoms with E-state index in [0.29, 0.717) is 5.92 Å². The van der Waals surface area contributed by atoms with Crippen molar-refractivity contribution in [3.05, 3.63) is 29.3 Å². The van der Waals surface area contributed by atoms with Gasteiger partial charge in [0.05, 0.1) is 0 Å². The maximum atomic E-state index is 2.67. The number of nitrogens with zero attached hydrogens (tertiary/aromatic N) is 2. The van der Waals surface area contributed by atoms with Gasteiger partial charge in [0.1, 0.15) is 0 Å². The van der Waals surface area contributed by atoms with Gasteiger partial charge in [0, 0.05) is 24.8 Å². The van der Waals surface area contributed by atoms with Crippen molar-refractivity contribution in [2.45, 2.75) is 52.0 Å². The molecule has 2 fully saturated rings. The van der Waals surface area contributed by atoms with E-state index in [1.54, 1.807) is 0 Å². The van der Waals surface area contributed by atoms with Gasteiger partial charge in [-0.25, -0.2) is 0 Å². The predicted molar refractivity (Wildman–Crippen MR) is 86.7 cm³/mol. The van der Waals surface area contributed by atoms with Crippen LogP contribution in [-0.4, -0.2) is 37.1 Å². The van der Waals surface area contributed by atoms with Gasteiger partial charge in [0.2, 0.25) is 0 Å². The van der Waals surface area contributed by atoms with E-state index in [2.05, 4.69) is 48.8 Å². The normalized spacial score (nSPS) is 21.3. The second-order valence-electron chi connectivity index (χ2n) is 6.81. The molecule has 0 amide bonds. The molecule has 0 unspecified atom stereocenters. The van der Waals surface area contributed by atoms with Gasteiger partial charge in [-0.1, -0.05) is 26.0 Å². The molecular formula is C18H28N2. The molecule has 1 aromatic carbocycles. The molecule has 0 aliphatic carbocycles. The summed E-state index contributed by atoms with van der Waals surface area (Å²) in [5.74, 6) is 0.625. The average Bonchev–Trinajstić information content (AvgIpc) is 2.37. The third-order valence-electron chi connectivity index (χ3n) is 5.10.